The number of aliphatic hydroxyl groups excluding tert-OH is 2. The average molecular weight is 404 g/mol. The maximum Gasteiger partial charge on any atom is 0.258 e. The van der Waals surface area contributed by atoms with Crippen molar-refractivity contribution in [2.24, 2.45) is 0 Å². The van der Waals surface area contributed by atoms with E-state index < -0.39 is 22.7 Å². The lowest BCUT2D eigenvalue weighted by molar-refractivity contribution is 0.0988. The van der Waals surface area contributed by atoms with Crippen LogP contribution in [0.4, 0.5) is 0 Å². The summed E-state index contributed by atoms with van der Waals surface area (Å²) in [6.07, 6.45) is 2.03. The first-order valence-corrected chi connectivity index (χ1v) is 10.3. The van der Waals surface area contributed by atoms with Gasteiger partial charge < -0.3 is 15.2 Å². The first-order valence-electron chi connectivity index (χ1n) is 8.85. The molecule has 0 aliphatic heterocycles. The van der Waals surface area contributed by atoms with Crippen molar-refractivity contribution in [2.75, 3.05) is 13.2 Å². The van der Waals surface area contributed by atoms with Gasteiger partial charge in [-0.3, -0.25) is 0 Å². The Hall–Kier alpha value is -2.33. The van der Waals surface area contributed by atoms with E-state index in [0.717, 1.165) is 27.9 Å². The van der Waals surface area contributed by atoms with E-state index in [1.54, 1.807) is 12.3 Å². The van der Waals surface area contributed by atoms with E-state index in [9.17, 15) is 13.5 Å². The summed E-state index contributed by atoms with van der Waals surface area (Å²) in [6.45, 7) is 5.52. The zero-order valence-electron chi connectivity index (χ0n) is 16.0. The van der Waals surface area contributed by atoms with Crippen LogP contribution in [0.2, 0.25) is 0 Å². The molecule has 150 valence electrons. The molecule has 0 aliphatic rings. The summed E-state index contributed by atoms with van der Waals surface area (Å²) in [6, 6.07) is 7.01. The predicted molar refractivity (Wildman–Crippen MR) is 106 cm³/mol. The van der Waals surface area contributed by atoms with Gasteiger partial charge >= 0.3 is 0 Å². The molecule has 3 heterocycles. The molecule has 0 saturated carbocycles. The fourth-order valence-electron chi connectivity index (χ4n) is 2.73. The molecule has 4 N–H and O–H groups in total. The van der Waals surface area contributed by atoms with Crippen LogP contribution in [0.1, 0.15) is 26.5 Å². The molecule has 28 heavy (non-hydrogen) atoms. The van der Waals surface area contributed by atoms with Crippen LogP contribution >= 0.6 is 0 Å². The van der Waals surface area contributed by atoms with Crippen LogP contribution in [0.5, 0.6) is 0 Å². The van der Waals surface area contributed by atoms with Crippen LogP contribution in [0.15, 0.2) is 41.7 Å². The summed E-state index contributed by atoms with van der Waals surface area (Å²) in [4.78, 5) is 11.8. The average Bonchev–Trinajstić information content (AvgIpc) is 3.11. The fraction of sp³-hybridized carbons (Fsp3) is 0.368. The fourth-order valence-corrected chi connectivity index (χ4v) is 3.72. The molecule has 3 aromatic rings. The molecule has 1 unspecified atom stereocenters. The van der Waals surface area contributed by atoms with E-state index in [2.05, 4.69) is 46.5 Å². The standard InChI is InChI=1S/C19H24N4O4S/c1-19(2,3)16-8-15-14(6-7-20-18(15)23-16)12-4-5-17(21-9-12)28(26,27)22-10-13(25)11-24/h4-9,13,22,24-25H,10-11H2,1-3H3,(H,20,23). The number of aromatic amines is 1. The molecule has 8 nitrogen and oxygen atoms in total. The number of nitrogens with zero attached hydrogens (tertiary/aromatic N) is 2. The third-order valence-electron chi connectivity index (χ3n) is 4.38. The number of hydrogen-bond donors (Lipinski definition) is 4. The second kappa shape index (κ2) is 7.59. The molecule has 0 amide bonds. The van der Waals surface area contributed by atoms with Crippen molar-refractivity contribution in [1.82, 2.24) is 19.7 Å². The largest absolute Gasteiger partial charge is 0.394 e. The smallest absolute Gasteiger partial charge is 0.258 e. The first kappa shape index (κ1) is 20.4. The molecule has 0 bridgehead atoms. The van der Waals surface area contributed by atoms with E-state index in [0.29, 0.717) is 0 Å². The van der Waals surface area contributed by atoms with Crippen LogP contribution in [-0.2, 0) is 15.4 Å². The Morgan fingerprint density at radius 1 is 1.21 bits per heavy atom. The highest BCUT2D eigenvalue weighted by molar-refractivity contribution is 7.89. The van der Waals surface area contributed by atoms with Crippen LogP contribution in [0.3, 0.4) is 0 Å². The molecule has 3 rings (SSSR count). The molecule has 0 spiro atoms. The van der Waals surface area contributed by atoms with Gasteiger partial charge in [0.15, 0.2) is 5.03 Å². The van der Waals surface area contributed by atoms with E-state index in [1.807, 2.05) is 6.07 Å². The number of fused-ring (bicyclic) bond motifs is 1. The summed E-state index contributed by atoms with van der Waals surface area (Å²) in [7, 11) is -3.87. The van der Waals surface area contributed by atoms with Crippen LogP contribution in [-0.4, -0.2) is 52.8 Å². The molecule has 3 aromatic heterocycles. The van der Waals surface area contributed by atoms with Gasteiger partial charge in [-0.25, -0.2) is 23.1 Å². The minimum absolute atomic E-state index is 0.0566. The Balaban J connectivity index is 1.93. The van der Waals surface area contributed by atoms with Crippen molar-refractivity contribution in [1.29, 1.82) is 0 Å². The highest BCUT2D eigenvalue weighted by Crippen LogP contribution is 2.31. The molecule has 1 atom stereocenters. The van der Waals surface area contributed by atoms with Crippen molar-refractivity contribution in [3.8, 4) is 11.1 Å². The van der Waals surface area contributed by atoms with Gasteiger partial charge in [0.05, 0.1) is 12.7 Å². The Morgan fingerprint density at radius 2 is 1.96 bits per heavy atom. The summed E-state index contributed by atoms with van der Waals surface area (Å²) in [5.74, 6) is 0. The molecule has 0 fully saturated rings. The van der Waals surface area contributed by atoms with Crippen molar-refractivity contribution < 1.29 is 18.6 Å². The number of nitrogens with one attached hydrogen (secondary N) is 2. The molecule has 0 aromatic carbocycles. The summed E-state index contributed by atoms with van der Waals surface area (Å²) >= 11 is 0. The van der Waals surface area contributed by atoms with Crippen molar-refractivity contribution >= 4 is 21.1 Å². The van der Waals surface area contributed by atoms with Gasteiger partial charge in [-0.15, -0.1) is 0 Å². The lowest BCUT2D eigenvalue weighted by Gasteiger charge is -2.15. The van der Waals surface area contributed by atoms with E-state index in [1.165, 1.54) is 12.3 Å². The lowest BCUT2D eigenvalue weighted by atomic mass is 9.92. The summed E-state index contributed by atoms with van der Waals surface area (Å²) < 4.78 is 26.7. The number of rotatable bonds is 6. The normalized spacial score (nSPS) is 13.8. The van der Waals surface area contributed by atoms with E-state index in [4.69, 9.17) is 5.11 Å². The molecule has 0 radical (unpaired) electrons. The van der Waals surface area contributed by atoms with E-state index in [-0.39, 0.29) is 17.0 Å². The Kier molecular flexibility index (Phi) is 5.53. The molecule has 0 aliphatic carbocycles. The zero-order valence-corrected chi connectivity index (χ0v) is 16.8. The highest BCUT2D eigenvalue weighted by atomic mass is 32.2. The molecule has 0 saturated heterocycles. The maximum atomic E-state index is 12.2. The van der Waals surface area contributed by atoms with Crippen LogP contribution in [0, 0.1) is 0 Å². The van der Waals surface area contributed by atoms with Gasteiger partial charge in [0.2, 0.25) is 0 Å². The van der Waals surface area contributed by atoms with Gasteiger partial charge in [-0.1, -0.05) is 20.8 Å². The highest BCUT2D eigenvalue weighted by Gasteiger charge is 2.20. The monoisotopic (exact) mass is 404 g/mol. The number of aliphatic hydroxyl groups is 2. The number of sulfonamides is 1. The van der Waals surface area contributed by atoms with Gasteiger partial charge in [-0.05, 0) is 29.8 Å². The van der Waals surface area contributed by atoms with Crippen LogP contribution in [0.25, 0.3) is 22.2 Å². The van der Waals surface area contributed by atoms with Crippen molar-refractivity contribution in [3.05, 3.63) is 42.4 Å². The van der Waals surface area contributed by atoms with Gasteiger partial charge in [-0.2, -0.15) is 0 Å². The number of aromatic nitrogens is 3. The number of hydrogen-bond acceptors (Lipinski definition) is 6. The molecular weight excluding hydrogens is 380 g/mol. The maximum absolute atomic E-state index is 12.2. The minimum Gasteiger partial charge on any atom is -0.394 e. The number of H-pyrrole nitrogens is 1. The van der Waals surface area contributed by atoms with Crippen LogP contribution < -0.4 is 4.72 Å². The van der Waals surface area contributed by atoms with Crippen molar-refractivity contribution in [3.63, 3.8) is 0 Å². The molecular formula is C19H24N4O4S. The van der Waals surface area contributed by atoms with Gasteiger partial charge in [0, 0.05) is 41.0 Å². The molecule has 9 heteroatoms. The predicted octanol–water partition coefficient (Wildman–Crippen LogP) is 1.55. The second-order valence-electron chi connectivity index (χ2n) is 7.63. The topological polar surface area (TPSA) is 128 Å². The van der Waals surface area contributed by atoms with E-state index >= 15 is 0 Å². The quantitative estimate of drug-likeness (QED) is 0.493. The third-order valence-corrected chi connectivity index (χ3v) is 5.72. The minimum atomic E-state index is -3.87. The Bertz CT molecular complexity index is 1070. The summed E-state index contributed by atoms with van der Waals surface area (Å²) in [5, 5.41) is 18.9. The SMILES string of the molecule is CC(C)(C)c1cc2c(-c3ccc(S(=O)(=O)NCC(O)CO)nc3)ccnc2[nH]1. The summed E-state index contributed by atoms with van der Waals surface area (Å²) in [5.41, 5.74) is 3.43. The first-order chi connectivity index (χ1) is 13.1. The Labute approximate surface area is 163 Å². The Morgan fingerprint density at radius 3 is 2.57 bits per heavy atom. The number of pyridine rings is 2. The second-order valence-corrected chi connectivity index (χ2v) is 9.34. The third kappa shape index (κ3) is 4.22. The van der Waals surface area contributed by atoms with Gasteiger partial charge in [0.1, 0.15) is 5.65 Å². The van der Waals surface area contributed by atoms with Gasteiger partial charge in [0.25, 0.3) is 10.0 Å². The van der Waals surface area contributed by atoms with Crippen molar-refractivity contribution in [2.45, 2.75) is 37.3 Å². The zero-order chi connectivity index (χ0) is 20.5. The lowest BCUT2D eigenvalue weighted by Crippen LogP contribution is -2.34.